The van der Waals surface area contributed by atoms with Gasteiger partial charge in [0.25, 0.3) is 0 Å². The number of aromatic nitrogens is 3. The van der Waals surface area contributed by atoms with Gasteiger partial charge in [0.05, 0.1) is 12.5 Å². The molecule has 0 aliphatic carbocycles. The number of likely N-dealkylation sites (tertiary alicyclic amines) is 1. The van der Waals surface area contributed by atoms with Gasteiger partial charge in [0.15, 0.2) is 5.82 Å². The van der Waals surface area contributed by atoms with Crippen LogP contribution in [0.15, 0.2) is 30.6 Å². The number of rotatable bonds is 5. The second-order valence-corrected chi connectivity index (χ2v) is 7.16. The molecule has 0 radical (unpaired) electrons. The number of nitrogens with zero attached hydrogens (tertiary/aromatic N) is 4. The third-order valence-electron chi connectivity index (χ3n) is 4.38. The summed E-state index contributed by atoms with van der Waals surface area (Å²) in [6.07, 6.45) is 4.03. The lowest BCUT2D eigenvalue weighted by Crippen LogP contribution is -2.33. The standard InChI is InChI=1S/C18H23ClN4O/c1-13(2)11-22-12-20-21-18(22)16-8-5-9-23(16)17(24)10-14-6-3-4-7-15(14)19/h3-4,6-7,12-13,16H,5,8-11H2,1-2H3/t16-/m0/s1. The van der Waals surface area contributed by atoms with Crippen molar-refractivity contribution in [3.8, 4) is 0 Å². The number of carbonyl (C=O) groups excluding carboxylic acids is 1. The number of benzene rings is 1. The van der Waals surface area contributed by atoms with Crippen molar-refractivity contribution in [1.82, 2.24) is 19.7 Å². The van der Waals surface area contributed by atoms with Gasteiger partial charge in [0.2, 0.25) is 5.91 Å². The fourth-order valence-electron chi connectivity index (χ4n) is 3.30. The van der Waals surface area contributed by atoms with Gasteiger partial charge in [-0.3, -0.25) is 4.79 Å². The highest BCUT2D eigenvalue weighted by Gasteiger charge is 2.33. The summed E-state index contributed by atoms with van der Waals surface area (Å²) in [6.45, 7) is 5.96. The number of amides is 1. The van der Waals surface area contributed by atoms with Crippen LogP contribution in [0.1, 0.15) is 44.1 Å². The Morgan fingerprint density at radius 2 is 2.17 bits per heavy atom. The molecule has 1 fully saturated rings. The number of carbonyl (C=O) groups is 1. The maximum absolute atomic E-state index is 12.8. The number of hydrogen-bond acceptors (Lipinski definition) is 3. The molecular weight excluding hydrogens is 324 g/mol. The molecule has 2 heterocycles. The predicted octanol–water partition coefficient (Wildman–Crippen LogP) is 3.49. The molecule has 128 valence electrons. The summed E-state index contributed by atoms with van der Waals surface area (Å²) in [4.78, 5) is 14.8. The zero-order valence-electron chi connectivity index (χ0n) is 14.2. The fraction of sp³-hybridized carbons (Fsp3) is 0.500. The van der Waals surface area contributed by atoms with Gasteiger partial charge >= 0.3 is 0 Å². The molecule has 6 heteroatoms. The van der Waals surface area contributed by atoms with E-state index in [-0.39, 0.29) is 11.9 Å². The minimum atomic E-state index is 0.0150. The number of halogens is 1. The van der Waals surface area contributed by atoms with Crippen LogP contribution in [0.3, 0.4) is 0 Å². The van der Waals surface area contributed by atoms with Crippen LogP contribution in [0, 0.1) is 5.92 Å². The zero-order chi connectivity index (χ0) is 17.1. The highest BCUT2D eigenvalue weighted by Crippen LogP contribution is 2.32. The minimum Gasteiger partial charge on any atom is -0.332 e. The molecule has 1 aliphatic rings. The summed E-state index contributed by atoms with van der Waals surface area (Å²) in [6, 6.07) is 7.54. The van der Waals surface area contributed by atoms with Crippen molar-refractivity contribution in [2.24, 2.45) is 5.92 Å². The van der Waals surface area contributed by atoms with Crippen LogP contribution < -0.4 is 0 Å². The Labute approximate surface area is 147 Å². The smallest absolute Gasteiger partial charge is 0.227 e. The highest BCUT2D eigenvalue weighted by molar-refractivity contribution is 6.31. The summed E-state index contributed by atoms with van der Waals surface area (Å²) in [5.74, 6) is 1.51. The molecule has 1 saturated heterocycles. The van der Waals surface area contributed by atoms with Crippen LogP contribution in [-0.2, 0) is 17.8 Å². The van der Waals surface area contributed by atoms with E-state index >= 15 is 0 Å². The second kappa shape index (κ2) is 7.34. The summed E-state index contributed by atoms with van der Waals surface area (Å²) >= 11 is 6.20. The van der Waals surface area contributed by atoms with E-state index in [1.54, 1.807) is 6.33 Å². The van der Waals surface area contributed by atoms with E-state index in [0.717, 1.165) is 37.3 Å². The zero-order valence-corrected chi connectivity index (χ0v) is 14.9. The molecule has 0 unspecified atom stereocenters. The van der Waals surface area contributed by atoms with Crippen molar-refractivity contribution < 1.29 is 4.79 Å². The maximum Gasteiger partial charge on any atom is 0.227 e. The fourth-order valence-corrected chi connectivity index (χ4v) is 3.50. The number of hydrogen-bond donors (Lipinski definition) is 0. The molecule has 0 bridgehead atoms. The third-order valence-corrected chi connectivity index (χ3v) is 4.75. The Morgan fingerprint density at radius 3 is 2.92 bits per heavy atom. The van der Waals surface area contributed by atoms with Crippen LogP contribution in [0.4, 0.5) is 0 Å². The van der Waals surface area contributed by atoms with E-state index in [1.165, 1.54) is 0 Å². The molecule has 0 saturated carbocycles. The lowest BCUT2D eigenvalue weighted by atomic mass is 10.1. The van der Waals surface area contributed by atoms with Crippen molar-refractivity contribution >= 4 is 17.5 Å². The second-order valence-electron chi connectivity index (χ2n) is 6.75. The third kappa shape index (κ3) is 3.61. The van der Waals surface area contributed by atoms with Gasteiger partial charge in [-0.1, -0.05) is 43.6 Å². The molecular formula is C18H23ClN4O. The molecule has 1 aromatic heterocycles. The van der Waals surface area contributed by atoms with Crippen LogP contribution >= 0.6 is 11.6 Å². The maximum atomic E-state index is 12.8. The van der Waals surface area contributed by atoms with Crippen molar-refractivity contribution in [1.29, 1.82) is 0 Å². The van der Waals surface area contributed by atoms with Gasteiger partial charge in [-0.2, -0.15) is 0 Å². The summed E-state index contributed by atoms with van der Waals surface area (Å²) in [7, 11) is 0. The van der Waals surface area contributed by atoms with Crippen LogP contribution in [0.5, 0.6) is 0 Å². The first-order valence-corrected chi connectivity index (χ1v) is 8.84. The lowest BCUT2D eigenvalue weighted by Gasteiger charge is -2.25. The molecule has 1 aromatic carbocycles. The van der Waals surface area contributed by atoms with E-state index in [2.05, 4.69) is 28.6 Å². The van der Waals surface area contributed by atoms with Gasteiger partial charge in [-0.05, 0) is 30.4 Å². The Kier molecular flexibility index (Phi) is 5.19. The van der Waals surface area contributed by atoms with Gasteiger partial charge in [-0.15, -0.1) is 10.2 Å². The lowest BCUT2D eigenvalue weighted by molar-refractivity contribution is -0.131. The highest BCUT2D eigenvalue weighted by atomic mass is 35.5. The molecule has 1 atom stereocenters. The summed E-state index contributed by atoms with van der Waals surface area (Å²) in [5, 5.41) is 9.01. The van der Waals surface area contributed by atoms with E-state index in [0.29, 0.717) is 17.4 Å². The Bertz CT molecular complexity index is 713. The predicted molar refractivity (Wildman–Crippen MR) is 93.7 cm³/mol. The van der Waals surface area contributed by atoms with E-state index in [4.69, 9.17) is 11.6 Å². The van der Waals surface area contributed by atoms with Gasteiger partial charge in [0.1, 0.15) is 6.33 Å². The Hall–Kier alpha value is -1.88. The summed E-state index contributed by atoms with van der Waals surface area (Å²) in [5.41, 5.74) is 0.874. The van der Waals surface area contributed by atoms with Crippen molar-refractivity contribution in [2.45, 2.75) is 45.7 Å². The van der Waals surface area contributed by atoms with E-state index < -0.39 is 0 Å². The first kappa shape index (κ1) is 17.0. The molecule has 1 aliphatic heterocycles. The Morgan fingerprint density at radius 1 is 1.38 bits per heavy atom. The molecule has 24 heavy (non-hydrogen) atoms. The monoisotopic (exact) mass is 346 g/mol. The molecule has 0 spiro atoms. The van der Waals surface area contributed by atoms with Gasteiger partial charge < -0.3 is 9.47 Å². The molecule has 5 nitrogen and oxygen atoms in total. The topological polar surface area (TPSA) is 51.0 Å². The molecule has 3 rings (SSSR count). The SMILES string of the molecule is CC(C)Cn1cnnc1[C@@H]1CCCN1C(=O)Cc1ccccc1Cl. The average Bonchev–Trinajstić information content (AvgIpc) is 3.17. The summed E-state index contributed by atoms with van der Waals surface area (Å²) < 4.78 is 2.08. The van der Waals surface area contributed by atoms with Gasteiger partial charge in [-0.25, -0.2) is 0 Å². The quantitative estimate of drug-likeness (QED) is 0.832. The average molecular weight is 347 g/mol. The normalized spacial score (nSPS) is 17.7. The molecule has 2 aromatic rings. The first-order valence-electron chi connectivity index (χ1n) is 8.47. The van der Waals surface area contributed by atoms with Crippen molar-refractivity contribution in [3.63, 3.8) is 0 Å². The molecule has 1 amide bonds. The van der Waals surface area contributed by atoms with Crippen molar-refractivity contribution in [2.75, 3.05) is 6.54 Å². The van der Waals surface area contributed by atoms with Crippen LogP contribution in [0.2, 0.25) is 5.02 Å². The van der Waals surface area contributed by atoms with Crippen LogP contribution in [-0.4, -0.2) is 32.1 Å². The molecule has 0 N–H and O–H groups in total. The first-order chi connectivity index (χ1) is 11.6. The van der Waals surface area contributed by atoms with E-state index in [9.17, 15) is 4.79 Å². The van der Waals surface area contributed by atoms with E-state index in [1.807, 2.05) is 29.2 Å². The minimum absolute atomic E-state index is 0.0150. The van der Waals surface area contributed by atoms with Crippen molar-refractivity contribution in [3.05, 3.63) is 47.0 Å². The Balaban J connectivity index is 1.77. The van der Waals surface area contributed by atoms with Crippen LogP contribution in [0.25, 0.3) is 0 Å². The largest absolute Gasteiger partial charge is 0.332 e. The van der Waals surface area contributed by atoms with Gasteiger partial charge in [0, 0.05) is 18.1 Å².